The Labute approximate surface area is 229 Å². The predicted molar refractivity (Wildman–Crippen MR) is 149 cm³/mol. The van der Waals surface area contributed by atoms with E-state index in [4.69, 9.17) is 0 Å². The summed E-state index contributed by atoms with van der Waals surface area (Å²) in [6, 6.07) is 21.4. The van der Waals surface area contributed by atoms with Crippen molar-refractivity contribution in [2.24, 2.45) is 0 Å². The molecule has 1 saturated carbocycles. The van der Waals surface area contributed by atoms with E-state index >= 15 is 0 Å². The lowest BCUT2D eigenvalue weighted by Gasteiger charge is -2.33. The number of benzene rings is 3. The lowest BCUT2D eigenvalue weighted by Crippen LogP contribution is -2.53. The molecule has 4 rings (SSSR count). The van der Waals surface area contributed by atoms with E-state index in [2.05, 4.69) is 5.32 Å². The van der Waals surface area contributed by atoms with Gasteiger partial charge in [-0.1, -0.05) is 79.9 Å². The summed E-state index contributed by atoms with van der Waals surface area (Å²) in [6.45, 7) is 1.06. The van der Waals surface area contributed by atoms with Gasteiger partial charge in [0.2, 0.25) is 11.8 Å². The van der Waals surface area contributed by atoms with Crippen LogP contribution in [0.2, 0.25) is 0 Å². The molecule has 206 valence electrons. The molecule has 1 aliphatic carbocycles. The lowest BCUT2D eigenvalue weighted by molar-refractivity contribution is -0.139. The van der Waals surface area contributed by atoms with Crippen molar-refractivity contribution in [1.29, 1.82) is 0 Å². The molecule has 0 aromatic heterocycles. The van der Waals surface area contributed by atoms with Crippen molar-refractivity contribution in [3.05, 3.63) is 96.3 Å². The predicted octanol–water partition coefficient (Wildman–Crippen LogP) is 4.89. The molecule has 0 heterocycles. The Morgan fingerprint density at radius 1 is 0.897 bits per heavy atom. The van der Waals surface area contributed by atoms with Gasteiger partial charge >= 0.3 is 0 Å². The summed E-state index contributed by atoms with van der Waals surface area (Å²) in [7, 11) is -4.30. The van der Waals surface area contributed by atoms with E-state index in [1.165, 1.54) is 35.2 Å². The molecule has 7 nitrogen and oxygen atoms in total. The third kappa shape index (κ3) is 7.03. The first-order chi connectivity index (χ1) is 18.8. The van der Waals surface area contributed by atoms with Crippen molar-refractivity contribution in [2.75, 3.05) is 10.8 Å². The van der Waals surface area contributed by atoms with E-state index < -0.39 is 34.3 Å². The van der Waals surface area contributed by atoms with Gasteiger partial charge in [0.15, 0.2) is 0 Å². The van der Waals surface area contributed by atoms with Gasteiger partial charge in [-0.3, -0.25) is 13.9 Å². The van der Waals surface area contributed by atoms with E-state index in [9.17, 15) is 22.4 Å². The Kier molecular flexibility index (Phi) is 9.35. The summed E-state index contributed by atoms with van der Waals surface area (Å²) < 4.78 is 43.1. The first-order valence-electron chi connectivity index (χ1n) is 13.2. The topological polar surface area (TPSA) is 86.8 Å². The monoisotopic (exact) mass is 551 g/mol. The highest BCUT2D eigenvalue weighted by atomic mass is 32.2. The van der Waals surface area contributed by atoms with Gasteiger partial charge in [0, 0.05) is 12.6 Å². The Bertz CT molecular complexity index is 1360. The minimum Gasteiger partial charge on any atom is -0.352 e. The average Bonchev–Trinajstić information content (AvgIpc) is 2.96. The van der Waals surface area contributed by atoms with Crippen LogP contribution in [0, 0.1) is 5.82 Å². The van der Waals surface area contributed by atoms with Gasteiger partial charge in [0.25, 0.3) is 10.0 Å². The number of hydrogen-bond acceptors (Lipinski definition) is 4. The van der Waals surface area contributed by atoms with Crippen LogP contribution in [0.1, 0.15) is 44.6 Å². The van der Waals surface area contributed by atoms with Crippen LogP contribution in [0.25, 0.3) is 0 Å². The second-order valence-electron chi connectivity index (χ2n) is 9.80. The maximum Gasteiger partial charge on any atom is 0.264 e. The number of sulfonamides is 1. The summed E-state index contributed by atoms with van der Waals surface area (Å²) in [4.78, 5) is 28.4. The van der Waals surface area contributed by atoms with Gasteiger partial charge in [-0.25, -0.2) is 12.8 Å². The number of anilines is 1. The molecule has 0 aliphatic heterocycles. The maximum absolute atomic E-state index is 14.9. The van der Waals surface area contributed by atoms with Gasteiger partial charge in [0.05, 0.1) is 10.6 Å². The Hall–Kier alpha value is -3.72. The van der Waals surface area contributed by atoms with Crippen LogP contribution in [0.15, 0.2) is 89.8 Å². The van der Waals surface area contributed by atoms with Gasteiger partial charge in [-0.2, -0.15) is 0 Å². The Balaban J connectivity index is 1.66. The van der Waals surface area contributed by atoms with Crippen LogP contribution >= 0.6 is 0 Å². The smallest absolute Gasteiger partial charge is 0.264 e. The van der Waals surface area contributed by atoms with E-state index in [1.54, 1.807) is 25.1 Å². The third-order valence-electron chi connectivity index (χ3n) is 7.05. The van der Waals surface area contributed by atoms with Crippen molar-refractivity contribution in [1.82, 2.24) is 10.2 Å². The summed E-state index contributed by atoms with van der Waals surface area (Å²) in [5.74, 6) is -1.69. The maximum atomic E-state index is 14.9. The molecule has 1 fully saturated rings. The van der Waals surface area contributed by atoms with Crippen LogP contribution in [0.4, 0.5) is 10.1 Å². The standard InChI is InChI=1S/C30H34FN3O4S/c1-23(30(36)32-25-15-7-3-8-16-25)33(21-24-13-5-2-6-14-24)29(35)22-34(28-20-12-11-19-27(28)31)39(37,38)26-17-9-4-10-18-26/h2,4-6,9-14,17-20,23,25H,3,7-8,15-16,21-22H2,1H3,(H,32,36). The van der Waals surface area contributed by atoms with E-state index in [0.29, 0.717) is 0 Å². The SMILES string of the molecule is CC(C(=O)NC1CCCCC1)N(Cc1ccccc1)C(=O)CN(c1ccccc1F)S(=O)(=O)c1ccccc1. The van der Waals surface area contributed by atoms with Crippen molar-refractivity contribution >= 4 is 27.5 Å². The fraction of sp³-hybridized carbons (Fsp3) is 0.333. The van der Waals surface area contributed by atoms with Crippen molar-refractivity contribution in [2.45, 2.75) is 62.6 Å². The van der Waals surface area contributed by atoms with Crippen LogP contribution in [0.5, 0.6) is 0 Å². The molecule has 1 N–H and O–H groups in total. The van der Waals surface area contributed by atoms with Crippen molar-refractivity contribution < 1.29 is 22.4 Å². The highest BCUT2D eigenvalue weighted by Gasteiger charge is 2.34. The number of hydrogen-bond donors (Lipinski definition) is 1. The van der Waals surface area contributed by atoms with E-state index in [0.717, 1.165) is 48.0 Å². The number of nitrogens with one attached hydrogen (secondary N) is 1. The minimum atomic E-state index is -4.30. The minimum absolute atomic E-state index is 0.0516. The second-order valence-corrected chi connectivity index (χ2v) is 11.7. The number of amides is 2. The largest absolute Gasteiger partial charge is 0.352 e. The molecule has 0 saturated heterocycles. The molecule has 3 aromatic carbocycles. The van der Waals surface area contributed by atoms with Crippen molar-refractivity contribution in [3.8, 4) is 0 Å². The third-order valence-corrected chi connectivity index (χ3v) is 8.82. The normalized spacial score (nSPS) is 14.8. The summed E-state index contributed by atoms with van der Waals surface area (Å²) in [5.41, 5.74) is 0.542. The quantitative estimate of drug-likeness (QED) is 0.389. The first kappa shape index (κ1) is 28.3. The highest BCUT2D eigenvalue weighted by Crippen LogP contribution is 2.27. The van der Waals surface area contributed by atoms with Crippen molar-refractivity contribution in [3.63, 3.8) is 0 Å². The number of carbonyl (C=O) groups excluding carboxylic acids is 2. The van der Waals surface area contributed by atoms with Crippen LogP contribution in [0.3, 0.4) is 0 Å². The summed E-state index contributed by atoms with van der Waals surface area (Å²) in [5, 5.41) is 3.07. The molecule has 39 heavy (non-hydrogen) atoms. The zero-order valence-electron chi connectivity index (χ0n) is 22.0. The van der Waals surface area contributed by atoms with E-state index in [-0.39, 0.29) is 29.1 Å². The van der Waals surface area contributed by atoms with Gasteiger partial charge in [-0.15, -0.1) is 0 Å². The molecule has 0 spiro atoms. The molecular formula is C30H34FN3O4S. The lowest BCUT2D eigenvalue weighted by atomic mass is 9.95. The number of carbonyl (C=O) groups is 2. The zero-order chi connectivity index (χ0) is 27.8. The fourth-order valence-corrected chi connectivity index (χ4v) is 6.26. The molecule has 1 aliphatic rings. The number of halogens is 1. The Morgan fingerprint density at radius 2 is 1.49 bits per heavy atom. The van der Waals surface area contributed by atoms with Crippen LogP contribution < -0.4 is 9.62 Å². The number of para-hydroxylation sites is 1. The molecule has 0 bridgehead atoms. The first-order valence-corrected chi connectivity index (χ1v) is 14.7. The summed E-state index contributed by atoms with van der Waals surface area (Å²) >= 11 is 0. The number of rotatable bonds is 10. The average molecular weight is 552 g/mol. The summed E-state index contributed by atoms with van der Waals surface area (Å²) in [6.07, 6.45) is 5.01. The Morgan fingerprint density at radius 3 is 2.13 bits per heavy atom. The van der Waals surface area contributed by atoms with Gasteiger partial charge < -0.3 is 10.2 Å². The zero-order valence-corrected chi connectivity index (χ0v) is 22.8. The van der Waals surface area contributed by atoms with E-state index in [1.807, 2.05) is 30.3 Å². The molecule has 1 unspecified atom stereocenters. The van der Waals surface area contributed by atoms with Gasteiger partial charge in [-0.05, 0) is 49.6 Å². The van der Waals surface area contributed by atoms with Crippen LogP contribution in [-0.2, 0) is 26.2 Å². The van der Waals surface area contributed by atoms with Gasteiger partial charge in [0.1, 0.15) is 18.4 Å². The van der Waals surface area contributed by atoms with Crippen LogP contribution in [-0.4, -0.2) is 43.8 Å². The highest BCUT2D eigenvalue weighted by molar-refractivity contribution is 7.92. The molecule has 3 aromatic rings. The second kappa shape index (κ2) is 12.9. The molecular weight excluding hydrogens is 517 g/mol. The number of nitrogens with zero attached hydrogens (tertiary/aromatic N) is 2. The molecule has 0 radical (unpaired) electrons. The fourth-order valence-electron chi connectivity index (χ4n) is 4.82. The molecule has 1 atom stereocenters. The molecule has 2 amide bonds. The molecule has 9 heteroatoms.